The summed E-state index contributed by atoms with van der Waals surface area (Å²) in [4.78, 5) is 15.3. The van der Waals surface area contributed by atoms with Crippen molar-refractivity contribution < 1.29 is 19.4 Å². The molecule has 1 aliphatic heterocycles. The predicted molar refractivity (Wildman–Crippen MR) is 164 cm³/mol. The van der Waals surface area contributed by atoms with E-state index < -0.39 is 11.7 Å². The van der Waals surface area contributed by atoms with E-state index in [9.17, 15) is 9.90 Å². The minimum Gasteiger partial charge on any atom is -0.385 e. The number of amides is 1. The molecular formula is C34H37ClN2O4. The number of morpholine rings is 1. The fourth-order valence-corrected chi connectivity index (χ4v) is 6.01. The van der Waals surface area contributed by atoms with Crippen molar-refractivity contribution >= 4 is 28.3 Å². The molecule has 41 heavy (non-hydrogen) atoms. The summed E-state index contributed by atoms with van der Waals surface area (Å²) in [5.41, 5.74) is 8.28. The first-order valence-corrected chi connectivity index (χ1v) is 14.5. The van der Waals surface area contributed by atoms with Crippen LogP contribution in [0.3, 0.4) is 0 Å². The third-order valence-electron chi connectivity index (χ3n) is 8.00. The van der Waals surface area contributed by atoms with Gasteiger partial charge in [0.1, 0.15) is 11.7 Å². The van der Waals surface area contributed by atoms with Gasteiger partial charge in [-0.3, -0.25) is 4.79 Å². The van der Waals surface area contributed by atoms with Crippen LogP contribution < -0.4 is 5.73 Å². The molecule has 3 N–H and O–H groups in total. The van der Waals surface area contributed by atoms with Gasteiger partial charge in [-0.25, -0.2) is 0 Å². The zero-order chi connectivity index (χ0) is 28.8. The second kappa shape index (κ2) is 13.1. The van der Waals surface area contributed by atoms with Gasteiger partial charge in [-0.2, -0.15) is 0 Å². The minimum atomic E-state index is -1.40. The molecule has 6 nitrogen and oxygen atoms in total. The fourth-order valence-electron chi connectivity index (χ4n) is 5.72. The maximum absolute atomic E-state index is 13.5. The fraction of sp³-hybridized carbons (Fsp3) is 0.324. The number of nitrogens with two attached hydrogens (primary N) is 1. The second-order valence-corrected chi connectivity index (χ2v) is 11.0. The third kappa shape index (κ3) is 6.32. The number of methoxy groups -OCH3 is 1. The summed E-state index contributed by atoms with van der Waals surface area (Å²) >= 11 is 6.88. The van der Waals surface area contributed by atoms with Crippen molar-refractivity contribution in [2.75, 3.05) is 33.4 Å². The maximum Gasteiger partial charge on any atom is 0.254 e. The molecule has 4 aromatic carbocycles. The molecule has 7 heteroatoms. The summed E-state index contributed by atoms with van der Waals surface area (Å²) in [5.74, 6) is -0.0931. The van der Waals surface area contributed by atoms with Gasteiger partial charge in [-0.1, -0.05) is 72.3 Å². The monoisotopic (exact) mass is 572 g/mol. The molecule has 0 spiro atoms. The molecule has 0 unspecified atom stereocenters. The highest BCUT2D eigenvalue weighted by Gasteiger charge is 2.44. The Labute approximate surface area is 246 Å². The Morgan fingerprint density at radius 1 is 1.05 bits per heavy atom. The van der Waals surface area contributed by atoms with Gasteiger partial charge in [0.2, 0.25) is 0 Å². The SMILES string of the molecule is COCCCC[C@](O)(c1cccc(Cl)c1-c1ccc2ccccc2c1)[C@H]1CN(C(=O)c2ccc(CN)cc2)CCO1. The van der Waals surface area contributed by atoms with Crippen molar-refractivity contribution in [2.45, 2.75) is 37.5 Å². The van der Waals surface area contributed by atoms with Crippen molar-refractivity contribution in [1.29, 1.82) is 0 Å². The lowest BCUT2D eigenvalue weighted by Gasteiger charge is -2.43. The summed E-state index contributed by atoms with van der Waals surface area (Å²) in [5, 5.41) is 15.4. The Bertz CT molecular complexity index is 1490. The quantitative estimate of drug-likeness (QED) is 0.222. The number of benzene rings is 4. The van der Waals surface area contributed by atoms with Gasteiger partial charge in [-0.05, 0) is 71.0 Å². The number of aliphatic hydroxyl groups is 1. The van der Waals surface area contributed by atoms with Gasteiger partial charge in [0, 0.05) is 43.0 Å². The van der Waals surface area contributed by atoms with Crippen molar-refractivity contribution in [3.63, 3.8) is 0 Å². The number of hydrogen-bond donors (Lipinski definition) is 2. The lowest BCUT2D eigenvalue weighted by atomic mass is 9.78. The molecule has 1 amide bonds. The molecule has 0 saturated carbocycles. The number of ether oxygens (including phenoxy) is 2. The molecule has 1 heterocycles. The Balaban J connectivity index is 1.52. The number of halogens is 1. The van der Waals surface area contributed by atoms with Crippen molar-refractivity contribution in [3.8, 4) is 11.1 Å². The lowest BCUT2D eigenvalue weighted by molar-refractivity contribution is -0.146. The number of unbranched alkanes of at least 4 members (excludes halogenated alkanes) is 1. The molecule has 0 bridgehead atoms. The van der Waals surface area contributed by atoms with Crippen molar-refractivity contribution in [3.05, 3.63) is 107 Å². The van der Waals surface area contributed by atoms with E-state index in [2.05, 4.69) is 24.3 Å². The van der Waals surface area contributed by atoms with Crippen LogP contribution in [-0.4, -0.2) is 55.4 Å². The summed E-state index contributed by atoms with van der Waals surface area (Å²) in [7, 11) is 1.68. The Hall–Kier alpha value is -3.26. The van der Waals surface area contributed by atoms with Crippen LogP contribution in [0.5, 0.6) is 0 Å². The molecule has 5 rings (SSSR count). The zero-order valence-corrected chi connectivity index (χ0v) is 24.1. The predicted octanol–water partition coefficient (Wildman–Crippen LogP) is 6.16. The third-order valence-corrected chi connectivity index (χ3v) is 8.31. The molecule has 0 aromatic heterocycles. The topological polar surface area (TPSA) is 85.0 Å². The van der Waals surface area contributed by atoms with Crippen LogP contribution in [0.4, 0.5) is 0 Å². The average Bonchev–Trinajstić information content (AvgIpc) is 3.02. The number of rotatable bonds is 10. The van der Waals surface area contributed by atoms with E-state index >= 15 is 0 Å². The molecule has 1 saturated heterocycles. The van der Waals surface area contributed by atoms with E-state index in [1.165, 1.54) is 0 Å². The molecule has 0 aliphatic carbocycles. The molecule has 1 fully saturated rings. The van der Waals surface area contributed by atoms with E-state index in [0.717, 1.165) is 33.9 Å². The standard InChI is InChI=1S/C34H37ClN2O4/c1-40-19-5-4-17-34(39,31-23-37(18-20-41-31)33(38)26-13-11-24(22-36)12-14-26)29-9-6-10-30(35)32(29)28-16-15-25-7-2-3-8-27(25)21-28/h2-3,6-16,21,31,39H,4-5,17-20,22-23,36H2,1H3/t31-,34+/m1/s1. The van der Waals surface area contributed by atoms with Crippen LogP contribution in [0.25, 0.3) is 21.9 Å². The highest BCUT2D eigenvalue weighted by Crippen LogP contribution is 2.43. The Morgan fingerprint density at radius 3 is 2.59 bits per heavy atom. The van der Waals surface area contributed by atoms with Crippen LogP contribution in [-0.2, 0) is 21.6 Å². The van der Waals surface area contributed by atoms with E-state index in [4.69, 9.17) is 26.8 Å². The van der Waals surface area contributed by atoms with Gasteiger partial charge in [0.25, 0.3) is 5.91 Å². The number of carbonyl (C=O) groups is 1. The van der Waals surface area contributed by atoms with E-state index in [1.807, 2.05) is 48.5 Å². The van der Waals surface area contributed by atoms with Crippen molar-refractivity contribution in [1.82, 2.24) is 4.90 Å². The van der Waals surface area contributed by atoms with E-state index in [1.54, 1.807) is 24.1 Å². The Kier molecular flexibility index (Phi) is 9.38. The number of carbonyl (C=O) groups excluding carboxylic acids is 1. The summed E-state index contributed by atoms with van der Waals surface area (Å²) in [6.07, 6.45) is 1.27. The largest absolute Gasteiger partial charge is 0.385 e. The minimum absolute atomic E-state index is 0.0931. The van der Waals surface area contributed by atoms with E-state index in [-0.39, 0.29) is 12.5 Å². The first kappa shape index (κ1) is 29.2. The zero-order valence-electron chi connectivity index (χ0n) is 23.4. The second-order valence-electron chi connectivity index (χ2n) is 10.6. The summed E-state index contributed by atoms with van der Waals surface area (Å²) in [6.45, 7) is 2.04. The van der Waals surface area contributed by atoms with Gasteiger partial charge in [0.05, 0.1) is 13.2 Å². The van der Waals surface area contributed by atoms with Gasteiger partial charge < -0.3 is 25.2 Å². The number of nitrogens with zero attached hydrogens (tertiary/aromatic N) is 1. The molecular weight excluding hydrogens is 536 g/mol. The van der Waals surface area contributed by atoms with Gasteiger partial charge in [0.15, 0.2) is 0 Å². The number of hydrogen-bond acceptors (Lipinski definition) is 5. The van der Waals surface area contributed by atoms with Crippen molar-refractivity contribution in [2.24, 2.45) is 5.73 Å². The summed E-state index contributed by atoms with van der Waals surface area (Å²) in [6, 6.07) is 27.4. The Morgan fingerprint density at radius 2 is 1.83 bits per heavy atom. The highest BCUT2D eigenvalue weighted by atomic mass is 35.5. The first-order chi connectivity index (χ1) is 19.9. The maximum atomic E-state index is 13.5. The number of fused-ring (bicyclic) bond motifs is 1. The van der Waals surface area contributed by atoms with Gasteiger partial charge >= 0.3 is 0 Å². The molecule has 0 radical (unpaired) electrons. The molecule has 1 aliphatic rings. The normalized spacial score (nSPS) is 17.0. The van der Waals surface area contributed by atoms with Crippen LogP contribution >= 0.6 is 11.6 Å². The van der Waals surface area contributed by atoms with Gasteiger partial charge in [-0.15, -0.1) is 0 Å². The van der Waals surface area contributed by atoms with Crippen LogP contribution in [0.1, 0.15) is 40.7 Å². The molecule has 4 aromatic rings. The highest BCUT2D eigenvalue weighted by molar-refractivity contribution is 6.33. The van der Waals surface area contributed by atoms with E-state index in [0.29, 0.717) is 55.3 Å². The van der Waals surface area contributed by atoms with Crippen LogP contribution in [0, 0.1) is 0 Å². The van der Waals surface area contributed by atoms with Crippen LogP contribution in [0.15, 0.2) is 84.9 Å². The molecule has 214 valence electrons. The smallest absolute Gasteiger partial charge is 0.254 e. The first-order valence-electron chi connectivity index (χ1n) is 14.1. The summed E-state index contributed by atoms with van der Waals surface area (Å²) < 4.78 is 11.6. The lowest BCUT2D eigenvalue weighted by Crippen LogP contribution is -2.54. The molecule has 2 atom stereocenters. The average molecular weight is 573 g/mol. The van der Waals surface area contributed by atoms with Crippen LogP contribution in [0.2, 0.25) is 5.02 Å².